The van der Waals surface area contributed by atoms with Crippen molar-refractivity contribution in [3.05, 3.63) is 18.2 Å². The molecule has 0 bridgehead atoms. The molecule has 0 atom stereocenters. The molecule has 28 heavy (non-hydrogen) atoms. The topological polar surface area (TPSA) is 100 Å². The summed E-state index contributed by atoms with van der Waals surface area (Å²) in [6, 6.07) is 4.14. The van der Waals surface area contributed by atoms with E-state index in [2.05, 4.69) is 14.9 Å². The normalized spacial score (nSPS) is 17.9. The van der Waals surface area contributed by atoms with E-state index in [0.717, 1.165) is 32.5 Å². The highest BCUT2D eigenvalue weighted by Gasteiger charge is 2.28. The smallest absolute Gasteiger partial charge is 0.321 e. The molecule has 1 aliphatic carbocycles. The van der Waals surface area contributed by atoms with Gasteiger partial charge in [-0.1, -0.05) is 0 Å². The van der Waals surface area contributed by atoms with Crippen LogP contribution in [0.3, 0.4) is 0 Å². The molecule has 1 saturated carbocycles. The molecule has 156 valence electrons. The van der Waals surface area contributed by atoms with E-state index in [1.807, 2.05) is 0 Å². The van der Waals surface area contributed by atoms with Gasteiger partial charge in [0.1, 0.15) is 5.75 Å². The quantitative estimate of drug-likeness (QED) is 0.659. The molecule has 0 spiro atoms. The fraction of sp³-hybridized carbons (Fsp3) is 0.611. The predicted molar refractivity (Wildman–Crippen MR) is 105 cm³/mol. The number of nitrogens with zero attached hydrogens (tertiary/aromatic N) is 2. The lowest BCUT2D eigenvalue weighted by atomic mass is 10.3. The molecule has 1 aromatic rings. The van der Waals surface area contributed by atoms with E-state index in [9.17, 15) is 13.2 Å². The molecule has 2 amide bonds. The number of rotatable bonds is 8. The van der Waals surface area contributed by atoms with Crippen LogP contribution in [0, 0.1) is 0 Å². The molecule has 1 aliphatic heterocycles. The molecule has 2 N–H and O–H groups in total. The number of urea groups is 1. The highest BCUT2D eigenvalue weighted by atomic mass is 32.2. The van der Waals surface area contributed by atoms with E-state index in [4.69, 9.17) is 9.47 Å². The molecule has 2 fully saturated rings. The molecule has 1 saturated heterocycles. The van der Waals surface area contributed by atoms with Gasteiger partial charge in [0.05, 0.1) is 30.9 Å². The molecule has 0 aromatic heterocycles. The Kier molecular flexibility index (Phi) is 6.76. The minimum Gasteiger partial charge on any atom is -0.495 e. The molecule has 3 rings (SSSR count). The number of hydrogen-bond donors (Lipinski definition) is 2. The van der Waals surface area contributed by atoms with Crippen molar-refractivity contribution in [1.82, 2.24) is 14.5 Å². The zero-order chi connectivity index (χ0) is 20.1. The maximum Gasteiger partial charge on any atom is 0.321 e. The second kappa shape index (κ2) is 9.08. The van der Waals surface area contributed by atoms with E-state index in [-0.39, 0.29) is 17.0 Å². The number of likely N-dealkylation sites (N-methyl/N-ethyl adjacent to an activating group) is 1. The Morgan fingerprint density at radius 2 is 2.04 bits per heavy atom. The van der Waals surface area contributed by atoms with Crippen molar-refractivity contribution in [2.24, 2.45) is 0 Å². The van der Waals surface area contributed by atoms with Crippen molar-refractivity contribution in [1.29, 1.82) is 0 Å². The van der Waals surface area contributed by atoms with Crippen LogP contribution in [0.25, 0.3) is 0 Å². The van der Waals surface area contributed by atoms with Crippen LogP contribution in [-0.4, -0.2) is 83.8 Å². The summed E-state index contributed by atoms with van der Waals surface area (Å²) in [6.07, 6.45) is 1.71. The largest absolute Gasteiger partial charge is 0.495 e. The van der Waals surface area contributed by atoms with Crippen LogP contribution in [0.1, 0.15) is 12.8 Å². The zero-order valence-corrected chi connectivity index (χ0v) is 17.1. The van der Waals surface area contributed by atoms with Gasteiger partial charge in [0, 0.05) is 39.3 Å². The predicted octanol–water partition coefficient (Wildman–Crippen LogP) is 0.932. The van der Waals surface area contributed by atoms with Gasteiger partial charge in [0.15, 0.2) is 0 Å². The molecule has 0 radical (unpaired) electrons. The Labute approximate surface area is 166 Å². The third kappa shape index (κ3) is 5.57. The fourth-order valence-electron chi connectivity index (χ4n) is 2.87. The Balaban J connectivity index is 1.63. The van der Waals surface area contributed by atoms with Crippen molar-refractivity contribution in [3.63, 3.8) is 0 Å². The number of hydrogen-bond acceptors (Lipinski definition) is 6. The molecule has 10 heteroatoms. The molecule has 0 unspecified atom stereocenters. The van der Waals surface area contributed by atoms with Crippen LogP contribution in [0.15, 0.2) is 23.1 Å². The van der Waals surface area contributed by atoms with Gasteiger partial charge in [-0.05, 0) is 31.0 Å². The van der Waals surface area contributed by atoms with Crippen LogP contribution >= 0.6 is 0 Å². The highest BCUT2D eigenvalue weighted by Crippen LogP contribution is 2.29. The Morgan fingerprint density at radius 3 is 2.68 bits per heavy atom. The second-order valence-corrected chi connectivity index (χ2v) is 8.78. The van der Waals surface area contributed by atoms with E-state index in [1.165, 1.54) is 19.2 Å². The summed E-state index contributed by atoms with van der Waals surface area (Å²) in [4.78, 5) is 16.5. The van der Waals surface area contributed by atoms with E-state index >= 15 is 0 Å². The minimum absolute atomic E-state index is 0.0106. The van der Waals surface area contributed by atoms with Crippen molar-refractivity contribution in [2.75, 3.05) is 58.9 Å². The van der Waals surface area contributed by atoms with Crippen molar-refractivity contribution < 1.29 is 22.7 Å². The Morgan fingerprint density at radius 1 is 1.32 bits per heavy atom. The van der Waals surface area contributed by atoms with Gasteiger partial charge in [0.2, 0.25) is 10.0 Å². The summed E-state index contributed by atoms with van der Waals surface area (Å²) in [7, 11) is -0.432. The van der Waals surface area contributed by atoms with Gasteiger partial charge in [-0.2, -0.15) is 0 Å². The van der Waals surface area contributed by atoms with Crippen molar-refractivity contribution >= 4 is 21.7 Å². The number of sulfonamides is 1. The second-order valence-electron chi connectivity index (χ2n) is 7.06. The number of nitrogens with one attached hydrogen (secondary N) is 2. The number of anilines is 1. The average Bonchev–Trinajstić information content (AvgIpc) is 3.50. The Bertz CT molecular complexity index is 791. The van der Waals surface area contributed by atoms with E-state index in [0.29, 0.717) is 31.2 Å². The van der Waals surface area contributed by atoms with Gasteiger partial charge >= 0.3 is 6.03 Å². The fourth-order valence-corrected chi connectivity index (χ4v) is 4.20. The molecule has 1 aromatic carbocycles. The standard InChI is InChI=1S/C18H28N4O5S/c1-21(7-8-22-9-11-27-12-10-22)18(23)19-16-13-15(5-6-17(16)26-2)28(24,25)20-14-3-4-14/h5-6,13-14,20H,3-4,7-12H2,1-2H3,(H,19,23). The van der Waals surface area contributed by atoms with Gasteiger partial charge in [-0.3, -0.25) is 4.90 Å². The lowest BCUT2D eigenvalue weighted by molar-refractivity contribution is 0.0359. The van der Waals surface area contributed by atoms with Crippen LogP contribution in [0.5, 0.6) is 5.75 Å². The zero-order valence-electron chi connectivity index (χ0n) is 16.3. The van der Waals surface area contributed by atoms with Crippen molar-refractivity contribution in [2.45, 2.75) is 23.8 Å². The summed E-state index contributed by atoms with van der Waals surface area (Å²) >= 11 is 0. The van der Waals surface area contributed by atoms with Gasteiger partial charge in [-0.25, -0.2) is 17.9 Å². The van der Waals surface area contributed by atoms with Crippen LogP contribution in [0.4, 0.5) is 10.5 Å². The first kappa shape index (κ1) is 20.8. The molecule has 1 heterocycles. The summed E-state index contributed by atoms with van der Waals surface area (Å²) in [6.45, 7) is 4.44. The monoisotopic (exact) mass is 412 g/mol. The number of carbonyl (C=O) groups excluding carboxylic acids is 1. The maximum atomic E-state index is 12.6. The van der Waals surface area contributed by atoms with Crippen LogP contribution in [0.2, 0.25) is 0 Å². The summed E-state index contributed by atoms with van der Waals surface area (Å²) < 4.78 is 38.1. The first-order valence-electron chi connectivity index (χ1n) is 9.41. The van der Waals surface area contributed by atoms with Crippen LogP contribution in [-0.2, 0) is 14.8 Å². The molecular formula is C18H28N4O5S. The van der Waals surface area contributed by atoms with Crippen molar-refractivity contribution in [3.8, 4) is 5.75 Å². The number of morpholine rings is 1. The van der Waals surface area contributed by atoms with Gasteiger partial charge < -0.3 is 19.7 Å². The van der Waals surface area contributed by atoms with Gasteiger partial charge in [0.25, 0.3) is 0 Å². The molecular weight excluding hydrogens is 384 g/mol. The number of carbonyl (C=O) groups is 1. The minimum atomic E-state index is -3.61. The van der Waals surface area contributed by atoms with Gasteiger partial charge in [-0.15, -0.1) is 0 Å². The highest BCUT2D eigenvalue weighted by molar-refractivity contribution is 7.89. The van der Waals surface area contributed by atoms with E-state index < -0.39 is 10.0 Å². The number of benzene rings is 1. The average molecular weight is 413 g/mol. The third-order valence-electron chi connectivity index (χ3n) is 4.82. The maximum absolute atomic E-state index is 12.6. The van der Waals surface area contributed by atoms with E-state index in [1.54, 1.807) is 18.0 Å². The summed E-state index contributed by atoms with van der Waals surface area (Å²) in [5.74, 6) is 0.403. The lowest BCUT2D eigenvalue weighted by Gasteiger charge is -2.28. The molecule has 9 nitrogen and oxygen atoms in total. The third-order valence-corrected chi connectivity index (χ3v) is 6.34. The first-order chi connectivity index (χ1) is 13.4. The number of amides is 2. The summed E-state index contributed by atoms with van der Waals surface area (Å²) in [5, 5.41) is 2.76. The SMILES string of the molecule is COc1ccc(S(=O)(=O)NC2CC2)cc1NC(=O)N(C)CCN1CCOCC1. The number of methoxy groups -OCH3 is 1. The Hall–Kier alpha value is -1.88. The lowest BCUT2D eigenvalue weighted by Crippen LogP contribution is -2.42. The molecule has 2 aliphatic rings. The number of ether oxygens (including phenoxy) is 2. The van der Waals surface area contributed by atoms with Crippen LogP contribution < -0.4 is 14.8 Å². The summed E-state index contributed by atoms with van der Waals surface area (Å²) in [5.41, 5.74) is 0.324. The first-order valence-corrected chi connectivity index (χ1v) is 10.9.